The average molecular weight is 271 g/mol. The first-order chi connectivity index (χ1) is 9.42. The molecule has 0 bridgehead atoms. The van der Waals surface area contributed by atoms with Crippen LogP contribution in [0.5, 0.6) is 0 Å². The lowest BCUT2D eigenvalue weighted by Crippen LogP contribution is -2.20. The van der Waals surface area contributed by atoms with Crippen LogP contribution in [0.1, 0.15) is 18.4 Å². The van der Waals surface area contributed by atoms with E-state index in [0.717, 1.165) is 13.1 Å². The van der Waals surface area contributed by atoms with Gasteiger partial charge in [0.1, 0.15) is 0 Å². The quantitative estimate of drug-likeness (QED) is 0.824. The number of amidine groups is 1. The average Bonchev–Trinajstić information content (AvgIpc) is 3.16. The fraction of sp³-hybridized carbons (Fsp3) is 0.400. The van der Waals surface area contributed by atoms with Gasteiger partial charge in [-0.2, -0.15) is 0 Å². The summed E-state index contributed by atoms with van der Waals surface area (Å²) in [7, 11) is 0. The third kappa shape index (κ3) is 1.94. The summed E-state index contributed by atoms with van der Waals surface area (Å²) in [6.07, 6.45) is 2.66. The van der Waals surface area contributed by atoms with Crippen LogP contribution in [-0.4, -0.2) is 36.2 Å². The van der Waals surface area contributed by atoms with Gasteiger partial charge in [-0.05, 0) is 30.5 Å². The van der Waals surface area contributed by atoms with Crippen LogP contribution in [-0.2, 0) is 0 Å². The molecule has 3 heterocycles. The van der Waals surface area contributed by atoms with Crippen molar-refractivity contribution < 1.29 is 0 Å². The summed E-state index contributed by atoms with van der Waals surface area (Å²) in [5.74, 6) is 0. The lowest BCUT2D eigenvalue weighted by atomic mass is 10.1. The van der Waals surface area contributed by atoms with E-state index in [0.29, 0.717) is 0 Å². The molecule has 1 saturated heterocycles. The van der Waals surface area contributed by atoms with Gasteiger partial charge in [-0.1, -0.05) is 23.9 Å². The van der Waals surface area contributed by atoms with Gasteiger partial charge in [-0.25, -0.2) is 0 Å². The third-order valence-electron chi connectivity index (χ3n) is 4.00. The van der Waals surface area contributed by atoms with Crippen molar-refractivity contribution >= 4 is 28.3 Å². The molecule has 98 valence electrons. The Balaban J connectivity index is 1.57. The second-order valence-corrected chi connectivity index (χ2v) is 6.01. The maximum atomic E-state index is 4.50. The van der Waals surface area contributed by atoms with Gasteiger partial charge < -0.3 is 9.80 Å². The summed E-state index contributed by atoms with van der Waals surface area (Å²) in [6.45, 7) is 4.38. The zero-order valence-corrected chi connectivity index (χ0v) is 11.7. The van der Waals surface area contributed by atoms with Crippen LogP contribution in [0, 0.1) is 0 Å². The van der Waals surface area contributed by atoms with Gasteiger partial charge in [-0.3, -0.25) is 4.99 Å². The highest BCUT2D eigenvalue weighted by Crippen LogP contribution is 2.35. The second-order valence-electron chi connectivity index (χ2n) is 5.18. The third-order valence-corrected chi connectivity index (χ3v) is 4.90. The summed E-state index contributed by atoms with van der Waals surface area (Å²) in [5.41, 5.74) is 3.99. The molecule has 0 spiro atoms. The Morgan fingerprint density at radius 2 is 1.79 bits per heavy atom. The Morgan fingerprint density at radius 1 is 1.00 bits per heavy atom. The van der Waals surface area contributed by atoms with Crippen molar-refractivity contribution in [3.63, 3.8) is 0 Å². The van der Waals surface area contributed by atoms with Crippen LogP contribution in [0.15, 0.2) is 34.7 Å². The summed E-state index contributed by atoms with van der Waals surface area (Å²) >= 11 is 1.75. The standard InChI is InChI=1S/C15H17N3S/c1-2-9-17(8-1)13-5-3-12(4-6-13)14-11-19-15-16-7-10-18(14)15/h3-6,11H,1-2,7-10H2. The molecule has 0 aliphatic carbocycles. The molecule has 3 aliphatic rings. The highest BCUT2D eigenvalue weighted by Gasteiger charge is 2.27. The number of aliphatic imine (C=N–C) groups is 1. The molecular formula is C15H17N3S. The van der Waals surface area contributed by atoms with Crippen LogP contribution in [0.25, 0.3) is 5.70 Å². The van der Waals surface area contributed by atoms with Gasteiger partial charge in [-0.15, -0.1) is 0 Å². The van der Waals surface area contributed by atoms with Crippen molar-refractivity contribution in [2.45, 2.75) is 12.8 Å². The van der Waals surface area contributed by atoms with Crippen molar-refractivity contribution in [3.05, 3.63) is 35.2 Å². The first-order valence-electron chi connectivity index (χ1n) is 6.96. The molecule has 3 nitrogen and oxygen atoms in total. The summed E-state index contributed by atoms with van der Waals surface area (Å²) in [5, 5.41) is 3.39. The van der Waals surface area contributed by atoms with Crippen LogP contribution in [0.3, 0.4) is 0 Å². The van der Waals surface area contributed by atoms with Crippen LogP contribution >= 0.6 is 11.8 Å². The van der Waals surface area contributed by atoms with Crippen LogP contribution in [0.4, 0.5) is 5.69 Å². The number of benzene rings is 1. The van der Waals surface area contributed by atoms with Gasteiger partial charge in [0.2, 0.25) is 0 Å². The molecule has 0 unspecified atom stereocenters. The number of anilines is 1. The molecule has 4 rings (SSSR count). The van der Waals surface area contributed by atoms with Crippen LogP contribution in [0.2, 0.25) is 0 Å². The monoisotopic (exact) mass is 271 g/mol. The molecule has 1 aromatic carbocycles. The number of hydrogen-bond acceptors (Lipinski definition) is 4. The first-order valence-corrected chi connectivity index (χ1v) is 7.84. The molecule has 0 saturated carbocycles. The predicted molar refractivity (Wildman–Crippen MR) is 82.5 cm³/mol. The minimum Gasteiger partial charge on any atom is -0.372 e. The van der Waals surface area contributed by atoms with Crippen molar-refractivity contribution in [3.8, 4) is 0 Å². The van der Waals surface area contributed by atoms with Crippen molar-refractivity contribution in [1.29, 1.82) is 0 Å². The van der Waals surface area contributed by atoms with Gasteiger partial charge in [0, 0.05) is 30.7 Å². The molecule has 0 radical (unpaired) electrons. The van der Waals surface area contributed by atoms with E-state index in [4.69, 9.17) is 0 Å². The van der Waals surface area contributed by atoms with Crippen molar-refractivity contribution in [1.82, 2.24) is 4.90 Å². The van der Waals surface area contributed by atoms with E-state index in [-0.39, 0.29) is 0 Å². The molecule has 0 aromatic heterocycles. The lowest BCUT2D eigenvalue weighted by Gasteiger charge is -2.20. The Labute approximate surface area is 118 Å². The van der Waals surface area contributed by atoms with E-state index in [1.54, 1.807) is 11.8 Å². The number of thioether (sulfide) groups is 1. The Hall–Kier alpha value is -1.42. The number of nitrogens with zero attached hydrogens (tertiary/aromatic N) is 3. The van der Waals surface area contributed by atoms with Gasteiger partial charge in [0.15, 0.2) is 5.17 Å². The zero-order chi connectivity index (χ0) is 12.7. The number of hydrogen-bond donors (Lipinski definition) is 0. The predicted octanol–water partition coefficient (Wildman–Crippen LogP) is 3.00. The highest BCUT2D eigenvalue weighted by molar-refractivity contribution is 8.16. The van der Waals surface area contributed by atoms with Crippen molar-refractivity contribution in [2.24, 2.45) is 4.99 Å². The molecular weight excluding hydrogens is 254 g/mol. The minimum absolute atomic E-state index is 0.936. The van der Waals surface area contributed by atoms with Gasteiger partial charge >= 0.3 is 0 Å². The first kappa shape index (κ1) is 11.4. The maximum Gasteiger partial charge on any atom is 0.168 e. The molecule has 0 N–H and O–H groups in total. The molecule has 0 amide bonds. The van der Waals surface area contributed by atoms with E-state index in [9.17, 15) is 0 Å². The Bertz CT molecular complexity index is 541. The summed E-state index contributed by atoms with van der Waals surface area (Å²) in [6, 6.07) is 9.03. The molecule has 19 heavy (non-hydrogen) atoms. The maximum absolute atomic E-state index is 4.50. The zero-order valence-electron chi connectivity index (χ0n) is 10.9. The second kappa shape index (κ2) is 4.60. The minimum atomic E-state index is 0.936. The van der Waals surface area contributed by atoms with E-state index in [2.05, 4.69) is 44.5 Å². The highest BCUT2D eigenvalue weighted by atomic mass is 32.2. The Morgan fingerprint density at radius 3 is 2.58 bits per heavy atom. The molecule has 4 heteroatoms. The van der Waals surface area contributed by atoms with Crippen LogP contribution < -0.4 is 4.90 Å². The van der Waals surface area contributed by atoms with E-state index < -0.39 is 0 Å². The number of rotatable bonds is 2. The summed E-state index contributed by atoms with van der Waals surface area (Å²) < 4.78 is 0. The van der Waals surface area contributed by atoms with E-state index >= 15 is 0 Å². The Kier molecular flexibility index (Phi) is 2.76. The molecule has 1 aromatic rings. The van der Waals surface area contributed by atoms with Crippen molar-refractivity contribution in [2.75, 3.05) is 31.1 Å². The van der Waals surface area contributed by atoms with E-state index in [1.807, 2.05) is 0 Å². The molecule has 0 atom stereocenters. The largest absolute Gasteiger partial charge is 0.372 e. The fourth-order valence-electron chi connectivity index (χ4n) is 2.97. The topological polar surface area (TPSA) is 18.8 Å². The number of fused-ring (bicyclic) bond motifs is 1. The lowest BCUT2D eigenvalue weighted by molar-refractivity contribution is 0.650. The fourth-order valence-corrected chi connectivity index (χ4v) is 3.93. The van der Waals surface area contributed by atoms with E-state index in [1.165, 1.54) is 48.0 Å². The van der Waals surface area contributed by atoms with Gasteiger partial charge in [0.05, 0.1) is 12.2 Å². The molecule has 3 aliphatic heterocycles. The summed E-state index contributed by atoms with van der Waals surface area (Å²) in [4.78, 5) is 9.30. The SMILES string of the molecule is C1=C(c2ccc(N3CCCC3)cc2)N2CCN=C2S1. The normalized spacial score (nSPS) is 21.7. The molecule has 1 fully saturated rings. The van der Waals surface area contributed by atoms with Gasteiger partial charge in [0.25, 0.3) is 0 Å². The smallest absolute Gasteiger partial charge is 0.168 e.